The van der Waals surface area contributed by atoms with Crippen LogP contribution < -0.4 is 4.74 Å². The molecule has 0 aromatic heterocycles. The number of allylic oxidation sites excluding steroid dienone is 1. The van der Waals surface area contributed by atoms with E-state index < -0.39 is 0 Å². The largest absolute Gasteiger partial charge is 0.488 e. The highest BCUT2D eigenvalue weighted by molar-refractivity contribution is 5.94. The Morgan fingerprint density at radius 1 is 0.833 bits per heavy atom. The van der Waals surface area contributed by atoms with E-state index in [0.29, 0.717) is 0 Å². The van der Waals surface area contributed by atoms with Crippen LogP contribution in [0.5, 0.6) is 5.75 Å². The lowest BCUT2D eigenvalue weighted by Crippen LogP contribution is -2.12. The Labute approximate surface area is 146 Å². The van der Waals surface area contributed by atoms with Gasteiger partial charge in [-0.25, -0.2) is 0 Å². The van der Waals surface area contributed by atoms with Crippen LogP contribution in [0.15, 0.2) is 42.0 Å². The second-order valence-corrected chi connectivity index (χ2v) is 6.95. The number of ether oxygens (including phenoxy) is 1. The van der Waals surface area contributed by atoms with Gasteiger partial charge < -0.3 is 4.74 Å². The maximum Gasteiger partial charge on any atom is 0.135 e. The van der Waals surface area contributed by atoms with Crippen molar-refractivity contribution in [1.82, 2.24) is 0 Å². The molecule has 3 rings (SSSR count). The Bertz CT molecular complexity index is 711. The minimum absolute atomic E-state index is 0.784. The average molecular weight is 322 g/mol. The fourth-order valence-electron chi connectivity index (χ4n) is 3.75. The van der Waals surface area contributed by atoms with Crippen LogP contribution in [0.1, 0.15) is 70.8 Å². The molecule has 2 aromatic carbocycles. The Kier molecular flexibility index (Phi) is 5.96. The van der Waals surface area contributed by atoms with Gasteiger partial charge in [-0.2, -0.15) is 0 Å². The highest BCUT2D eigenvalue weighted by Gasteiger charge is 2.21. The SMILES string of the molecule is CCCCCC1=C(CCCCC)c2ccc3ccccc3c2OC1. The summed E-state index contributed by atoms with van der Waals surface area (Å²) in [6, 6.07) is 13.1. The second-order valence-electron chi connectivity index (χ2n) is 6.95. The molecule has 0 aliphatic carbocycles. The zero-order chi connectivity index (χ0) is 16.8. The van der Waals surface area contributed by atoms with Crippen molar-refractivity contribution in [3.63, 3.8) is 0 Å². The molecule has 0 spiro atoms. The Hall–Kier alpha value is -1.76. The number of hydrogen-bond donors (Lipinski definition) is 0. The van der Waals surface area contributed by atoms with Gasteiger partial charge in [0.1, 0.15) is 12.4 Å². The molecule has 0 saturated heterocycles. The third kappa shape index (κ3) is 3.66. The Morgan fingerprint density at radius 2 is 1.58 bits per heavy atom. The predicted molar refractivity (Wildman–Crippen MR) is 105 cm³/mol. The quantitative estimate of drug-likeness (QED) is 0.469. The van der Waals surface area contributed by atoms with E-state index in [2.05, 4.69) is 50.2 Å². The van der Waals surface area contributed by atoms with Crippen molar-refractivity contribution >= 4 is 16.3 Å². The molecule has 0 radical (unpaired) electrons. The number of fused-ring (bicyclic) bond motifs is 3. The number of rotatable bonds is 8. The van der Waals surface area contributed by atoms with Gasteiger partial charge in [0.05, 0.1) is 0 Å². The van der Waals surface area contributed by atoms with Gasteiger partial charge in [-0.05, 0) is 42.2 Å². The molecule has 0 bridgehead atoms. The smallest absolute Gasteiger partial charge is 0.135 e. The molecule has 1 heterocycles. The molecule has 2 aromatic rings. The molecular weight excluding hydrogens is 292 g/mol. The fourth-order valence-corrected chi connectivity index (χ4v) is 3.75. The van der Waals surface area contributed by atoms with Crippen LogP contribution in [-0.2, 0) is 0 Å². The van der Waals surface area contributed by atoms with Crippen molar-refractivity contribution < 1.29 is 4.74 Å². The first-order chi connectivity index (χ1) is 11.8. The summed E-state index contributed by atoms with van der Waals surface area (Å²) in [6.07, 6.45) is 10.2. The van der Waals surface area contributed by atoms with E-state index in [1.165, 1.54) is 67.7 Å². The number of benzene rings is 2. The summed E-state index contributed by atoms with van der Waals surface area (Å²) in [5.74, 6) is 1.11. The number of hydrogen-bond acceptors (Lipinski definition) is 1. The highest BCUT2D eigenvalue weighted by Crippen LogP contribution is 2.41. The fraction of sp³-hybridized carbons (Fsp3) is 0.478. The van der Waals surface area contributed by atoms with E-state index in [0.717, 1.165) is 12.4 Å². The first kappa shape index (κ1) is 17.1. The molecule has 0 fully saturated rings. The zero-order valence-electron chi connectivity index (χ0n) is 15.2. The van der Waals surface area contributed by atoms with Crippen LogP contribution in [0.2, 0.25) is 0 Å². The second kappa shape index (κ2) is 8.37. The lowest BCUT2D eigenvalue weighted by Gasteiger charge is -2.26. The van der Waals surface area contributed by atoms with Crippen molar-refractivity contribution in [2.45, 2.75) is 65.2 Å². The van der Waals surface area contributed by atoms with Gasteiger partial charge >= 0.3 is 0 Å². The first-order valence-corrected chi connectivity index (χ1v) is 9.71. The molecule has 0 atom stereocenters. The monoisotopic (exact) mass is 322 g/mol. The lowest BCUT2D eigenvalue weighted by molar-refractivity contribution is 0.343. The van der Waals surface area contributed by atoms with E-state index in [4.69, 9.17) is 4.74 Å². The zero-order valence-corrected chi connectivity index (χ0v) is 15.2. The third-order valence-corrected chi connectivity index (χ3v) is 5.13. The van der Waals surface area contributed by atoms with E-state index in [1.807, 2.05) is 0 Å². The Balaban J connectivity index is 1.96. The first-order valence-electron chi connectivity index (χ1n) is 9.71. The molecule has 0 amide bonds. The van der Waals surface area contributed by atoms with Crippen LogP contribution in [-0.4, -0.2) is 6.61 Å². The van der Waals surface area contributed by atoms with E-state index >= 15 is 0 Å². The molecule has 0 N–H and O–H groups in total. The van der Waals surface area contributed by atoms with Crippen molar-refractivity contribution in [1.29, 1.82) is 0 Å². The van der Waals surface area contributed by atoms with Crippen LogP contribution in [0.25, 0.3) is 16.3 Å². The summed E-state index contributed by atoms with van der Waals surface area (Å²) in [5.41, 5.74) is 4.47. The maximum atomic E-state index is 6.26. The molecule has 24 heavy (non-hydrogen) atoms. The standard InChI is InChI=1S/C23H30O/c1-3-5-7-12-19-17-24-23-21-14-10-9-11-18(21)15-16-22(23)20(19)13-8-6-4-2/h9-11,14-16H,3-8,12-13,17H2,1-2H3. The summed E-state index contributed by atoms with van der Waals surface area (Å²) in [7, 11) is 0. The van der Waals surface area contributed by atoms with Gasteiger partial charge in [-0.1, -0.05) is 75.9 Å². The van der Waals surface area contributed by atoms with Gasteiger partial charge in [0.25, 0.3) is 0 Å². The Morgan fingerprint density at radius 3 is 2.38 bits per heavy atom. The molecule has 128 valence electrons. The van der Waals surface area contributed by atoms with E-state index in [-0.39, 0.29) is 0 Å². The van der Waals surface area contributed by atoms with Crippen molar-refractivity contribution in [2.24, 2.45) is 0 Å². The van der Waals surface area contributed by atoms with Gasteiger partial charge in [0.2, 0.25) is 0 Å². The molecular formula is C23H30O. The van der Waals surface area contributed by atoms with Gasteiger partial charge in [0, 0.05) is 10.9 Å². The molecule has 1 nitrogen and oxygen atoms in total. The molecule has 0 saturated carbocycles. The maximum absolute atomic E-state index is 6.26. The van der Waals surface area contributed by atoms with Crippen LogP contribution in [0.3, 0.4) is 0 Å². The van der Waals surface area contributed by atoms with Gasteiger partial charge in [-0.3, -0.25) is 0 Å². The topological polar surface area (TPSA) is 9.23 Å². The van der Waals surface area contributed by atoms with Crippen molar-refractivity contribution in [3.8, 4) is 5.75 Å². The van der Waals surface area contributed by atoms with Crippen LogP contribution in [0, 0.1) is 0 Å². The summed E-state index contributed by atoms with van der Waals surface area (Å²) < 4.78 is 6.26. The minimum atomic E-state index is 0.784. The van der Waals surface area contributed by atoms with Gasteiger partial charge in [0.15, 0.2) is 0 Å². The predicted octanol–water partition coefficient (Wildman–Crippen LogP) is 7.15. The van der Waals surface area contributed by atoms with E-state index in [9.17, 15) is 0 Å². The third-order valence-electron chi connectivity index (χ3n) is 5.13. The van der Waals surface area contributed by atoms with Crippen LogP contribution in [0.4, 0.5) is 0 Å². The summed E-state index contributed by atoms with van der Waals surface area (Å²) in [4.78, 5) is 0. The number of unbranched alkanes of at least 4 members (excludes halogenated alkanes) is 4. The summed E-state index contributed by atoms with van der Waals surface area (Å²) >= 11 is 0. The molecule has 1 aliphatic heterocycles. The minimum Gasteiger partial charge on any atom is -0.488 e. The van der Waals surface area contributed by atoms with Crippen LogP contribution >= 0.6 is 0 Å². The average Bonchev–Trinajstić information content (AvgIpc) is 2.63. The summed E-state index contributed by atoms with van der Waals surface area (Å²) in [5, 5.41) is 2.54. The van der Waals surface area contributed by atoms with Crippen molar-refractivity contribution in [3.05, 3.63) is 47.5 Å². The normalized spacial score (nSPS) is 13.9. The molecule has 1 heteroatoms. The molecule has 0 unspecified atom stereocenters. The summed E-state index contributed by atoms with van der Waals surface area (Å²) in [6.45, 7) is 5.34. The van der Waals surface area contributed by atoms with Gasteiger partial charge in [-0.15, -0.1) is 0 Å². The molecule has 1 aliphatic rings. The van der Waals surface area contributed by atoms with Crippen molar-refractivity contribution in [2.75, 3.05) is 6.61 Å². The highest BCUT2D eigenvalue weighted by atomic mass is 16.5. The van der Waals surface area contributed by atoms with E-state index in [1.54, 1.807) is 11.1 Å². The lowest BCUT2D eigenvalue weighted by atomic mass is 9.88.